The van der Waals surface area contributed by atoms with Crippen LogP contribution in [-0.4, -0.2) is 17.5 Å². The average molecular weight is 304 g/mol. The van der Waals surface area contributed by atoms with Gasteiger partial charge in [-0.05, 0) is 60.8 Å². The summed E-state index contributed by atoms with van der Waals surface area (Å²) in [7, 11) is 0. The van der Waals surface area contributed by atoms with E-state index in [4.69, 9.17) is 5.11 Å². The molecule has 22 heavy (non-hydrogen) atoms. The van der Waals surface area contributed by atoms with Gasteiger partial charge in [0.05, 0.1) is 6.61 Å². The molecule has 0 aliphatic heterocycles. The normalized spacial score (nSPS) is 35.1. The Morgan fingerprint density at radius 1 is 1.36 bits per heavy atom. The minimum absolute atomic E-state index is 0.0594. The number of hydrogen-bond donors (Lipinski definition) is 1. The Labute approximate surface area is 135 Å². The number of allylic oxidation sites excluding steroid dienone is 2. The van der Waals surface area contributed by atoms with E-state index in [1.807, 2.05) is 6.92 Å². The molecule has 0 heterocycles. The standard InChI is InChI=1S/C20H32O2/c1-14-7-8-18-19(3,4)10-6-11-20(18,5)16(14)13-17(22)15(2)9-12-21/h9,16,18,21H,1,6-8,10-13H2,2-5H3/b15-9+/t16-,18-,20+/m0/s1. The van der Waals surface area contributed by atoms with Crippen LogP contribution >= 0.6 is 0 Å². The first-order valence-electron chi connectivity index (χ1n) is 8.71. The molecular weight excluding hydrogens is 272 g/mol. The molecule has 0 saturated heterocycles. The maximum Gasteiger partial charge on any atom is 0.158 e. The highest BCUT2D eigenvalue weighted by atomic mass is 16.2. The maximum absolute atomic E-state index is 12.5. The molecule has 2 heteroatoms. The lowest BCUT2D eigenvalue weighted by molar-refractivity contribution is -0.120. The Bertz CT molecular complexity index is 486. The third-order valence-electron chi connectivity index (χ3n) is 6.55. The molecule has 2 rings (SSSR count). The molecule has 2 saturated carbocycles. The predicted octanol–water partition coefficient (Wildman–Crippen LogP) is 4.68. The molecule has 0 aromatic carbocycles. The highest BCUT2D eigenvalue weighted by molar-refractivity contribution is 5.95. The van der Waals surface area contributed by atoms with Crippen LogP contribution in [0.4, 0.5) is 0 Å². The Hall–Kier alpha value is -0.890. The SMILES string of the molecule is C=C1CC[C@H]2C(C)(C)CCC[C@]2(C)[C@H]1CC(=O)/C(C)=C/CO. The Kier molecular flexibility index (Phi) is 5.01. The maximum atomic E-state index is 12.5. The van der Waals surface area contributed by atoms with E-state index in [2.05, 4.69) is 27.4 Å². The van der Waals surface area contributed by atoms with Crippen LogP contribution in [0.1, 0.15) is 66.2 Å². The quantitative estimate of drug-likeness (QED) is 0.604. The molecule has 0 bridgehead atoms. The fourth-order valence-corrected chi connectivity index (χ4v) is 5.25. The van der Waals surface area contributed by atoms with Crippen molar-refractivity contribution in [3.8, 4) is 0 Å². The third-order valence-corrected chi connectivity index (χ3v) is 6.55. The van der Waals surface area contributed by atoms with Gasteiger partial charge in [0.15, 0.2) is 5.78 Å². The zero-order valence-electron chi connectivity index (χ0n) is 14.7. The third kappa shape index (κ3) is 3.08. The molecule has 0 unspecified atom stereocenters. The van der Waals surface area contributed by atoms with Crippen LogP contribution in [0.5, 0.6) is 0 Å². The van der Waals surface area contributed by atoms with Gasteiger partial charge in [0.25, 0.3) is 0 Å². The van der Waals surface area contributed by atoms with Gasteiger partial charge in [-0.25, -0.2) is 0 Å². The number of ketones is 1. The zero-order chi connectivity index (χ0) is 16.5. The average Bonchev–Trinajstić information content (AvgIpc) is 2.42. The van der Waals surface area contributed by atoms with Crippen molar-refractivity contribution in [1.82, 2.24) is 0 Å². The summed E-state index contributed by atoms with van der Waals surface area (Å²) in [6.07, 6.45) is 8.22. The molecule has 1 N–H and O–H groups in total. The van der Waals surface area contributed by atoms with Gasteiger partial charge in [-0.15, -0.1) is 0 Å². The van der Waals surface area contributed by atoms with Crippen LogP contribution in [-0.2, 0) is 4.79 Å². The summed E-state index contributed by atoms with van der Waals surface area (Å²) in [6, 6.07) is 0. The summed E-state index contributed by atoms with van der Waals surface area (Å²) >= 11 is 0. The molecule has 0 spiro atoms. The number of hydrogen-bond acceptors (Lipinski definition) is 2. The summed E-state index contributed by atoms with van der Waals surface area (Å²) in [5.74, 6) is 1.14. The van der Waals surface area contributed by atoms with Gasteiger partial charge in [0.1, 0.15) is 0 Å². The molecule has 2 fully saturated rings. The first-order valence-corrected chi connectivity index (χ1v) is 8.71. The Morgan fingerprint density at radius 3 is 2.68 bits per heavy atom. The molecule has 2 aliphatic rings. The lowest BCUT2D eigenvalue weighted by Gasteiger charge is -2.58. The van der Waals surface area contributed by atoms with Crippen LogP contribution in [0.25, 0.3) is 0 Å². The number of fused-ring (bicyclic) bond motifs is 1. The van der Waals surface area contributed by atoms with Gasteiger partial charge in [0, 0.05) is 6.42 Å². The predicted molar refractivity (Wildman–Crippen MR) is 91.6 cm³/mol. The Morgan fingerprint density at radius 2 is 2.05 bits per heavy atom. The fraction of sp³-hybridized carbons (Fsp3) is 0.750. The van der Waals surface area contributed by atoms with E-state index in [9.17, 15) is 4.79 Å². The second kappa shape index (κ2) is 6.31. The van der Waals surface area contributed by atoms with Gasteiger partial charge in [-0.1, -0.05) is 45.4 Å². The highest BCUT2D eigenvalue weighted by Gasteiger charge is 2.53. The van der Waals surface area contributed by atoms with Crippen molar-refractivity contribution < 1.29 is 9.90 Å². The molecule has 0 aromatic heterocycles. The van der Waals surface area contributed by atoms with Crippen molar-refractivity contribution in [1.29, 1.82) is 0 Å². The monoisotopic (exact) mass is 304 g/mol. The van der Waals surface area contributed by atoms with Gasteiger partial charge in [-0.3, -0.25) is 4.79 Å². The minimum atomic E-state index is -0.0594. The number of aliphatic hydroxyl groups excluding tert-OH is 1. The van der Waals surface area contributed by atoms with E-state index in [1.165, 1.54) is 31.3 Å². The topological polar surface area (TPSA) is 37.3 Å². The van der Waals surface area contributed by atoms with Crippen molar-refractivity contribution in [3.63, 3.8) is 0 Å². The van der Waals surface area contributed by atoms with Crippen molar-refractivity contribution in [2.24, 2.45) is 22.7 Å². The molecule has 124 valence electrons. The van der Waals surface area contributed by atoms with Gasteiger partial charge in [0.2, 0.25) is 0 Å². The second-order valence-corrected chi connectivity index (χ2v) is 8.35. The number of aliphatic hydroxyl groups is 1. The van der Waals surface area contributed by atoms with Gasteiger partial charge < -0.3 is 5.11 Å². The van der Waals surface area contributed by atoms with Gasteiger partial charge >= 0.3 is 0 Å². The van der Waals surface area contributed by atoms with Crippen molar-refractivity contribution >= 4 is 5.78 Å². The summed E-state index contributed by atoms with van der Waals surface area (Å²) in [5, 5.41) is 9.00. The number of carbonyl (C=O) groups excluding carboxylic acids is 1. The van der Waals surface area contributed by atoms with E-state index in [0.29, 0.717) is 29.2 Å². The van der Waals surface area contributed by atoms with Gasteiger partial charge in [-0.2, -0.15) is 0 Å². The summed E-state index contributed by atoms with van der Waals surface area (Å²) in [6.45, 7) is 13.3. The number of Topliss-reactive ketones (excluding diaryl/α,β-unsaturated/α-hetero) is 1. The van der Waals surface area contributed by atoms with E-state index in [0.717, 1.165) is 6.42 Å². The summed E-state index contributed by atoms with van der Waals surface area (Å²) < 4.78 is 0. The lowest BCUT2D eigenvalue weighted by Crippen LogP contribution is -2.49. The first-order chi connectivity index (χ1) is 10.2. The molecule has 2 nitrogen and oxygen atoms in total. The van der Waals surface area contributed by atoms with E-state index >= 15 is 0 Å². The molecule has 0 amide bonds. The van der Waals surface area contributed by atoms with Crippen LogP contribution < -0.4 is 0 Å². The molecule has 0 aromatic rings. The minimum Gasteiger partial charge on any atom is -0.392 e. The van der Waals surface area contributed by atoms with E-state index in [1.54, 1.807) is 6.08 Å². The van der Waals surface area contributed by atoms with Crippen molar-refractivity contribution in [2.75, 3.05) is 6.61 Å². The molecular formula is C20H32O2. The second-order valence-electron chi connectivity index (χ2n) is 8.35. The zero-order valence-corrected chi connectivity index (χ0v) is 14.7. The summed E-state index contributed by atoms with van der Waals surface area (Å²) in [5.41, 5.74) is 2.52. The molecule has 3 atom stereocenters. The fourth-order valence-electron chi connectivity index (χ4n) is 5.25. The van der Waals surface area contributed by atoms with Crippen LogP contribution in [0.15, 0.2) is 23.8 Å². The largest absolute Gasteiger partial charge is 0.392 e. The highest BCUT2D eigenvalue weighted by Crippen LogP contribution is 2.61. The van der Waals surface area contributed by atoms with Crippen LogP contribution in [0.3, 0.4) is 0 Å². The molecule has 0 radical (unpaired) electrons. The van der Waals surface area contributed by atoms with Crippen LogP contribution in [0.2, 0.25) is 0 Å². The van der Waals surface area contributed by atoms with Crippen molar-refractivity contribution in [3.05, 3.63) is 23.8 Å². The first kappa shape index (κ1) is 17.5. The lowest BCUT2D eigenvalue weighted by atomic mass is 9.47. The van der Waals surface area contributed by atoms with Crippen LogP contribution in [0, 0.1) is 22.7 Å². The van der Waals surface area contributed by atoms with Crippen molar-refractivity contribution in [2.45, 2.75) is 66.2 Å². The van der Waals surface area contributed by atoms with E-state index < -0.39 is 0 Å². The molecule has 2 aliphatic carbocycles. The summed E-state index contributed by atoms with van der Waals surface area (Å²) in [4.78, 5) is 12.5. The number of rotatable bonds is 4. The Balaban J connectivity index is 2.26. The van der Waals surface area contributed by atoms with E-state index in [-0.39, 0.29) is 17.8 Å². The smallest absolute Gasteiger partial charge is 0.158 e. The number of carbonyl (C=O) groups is 1.